The van der Waals surface area contributed by atoms with Crippen LogP contribution in [0.25, 0.3) is 10.9 Å². The molecule has 0 bridgehead atoms. The molecule has 0 radical (unpaired) electrons. The first-order valence-electron chi connectivity index (χ1n) is 10.1. The quantitative estimate of drug-likeness (QED) is 0.450. The van der Waals surface area contributed by atoms with Crippen molar-refractivity contribution in [3.05, 3.63) is 64.9 Å². The van der Waals surface area contributed by atoms with Crippen molar-refractivity contribution in [3.8, 4) is 5.75 Å². The molecular weight excluding hydrogens is 390 g/mol. The summed E-state index contributed by atoms with van der Waals surface area (Å²) in [6.45, 7) is 1.11. The Kier molecular flexibility index (Phi) is 5.99. The maximum Gasteiger partial charge on any atom is 0.338 e. The molecule has 158 valence electrons. The van der Waals surface area contributed by atoms with E-state index < -0.39 is 11.8 Å². The van der Waals surface area contributed by atoms with E-state index in [2.05, 4.69) is 10.3 Å². The summed E-state index contributed by atoms with van der Waals surface area (Å²) < 4.78 is 37.9. The summed E-state index contributed by atoms with van der Waals surface area (Å²) in [5, 5.41) is 4.35. The molecule has 5 nitrogen and oxygen atoms in total. The molecule has 2 heterocycles. The number of carbonyl (C=O) groups excluding carboxylic acids is 1. The van der Waals surface area contributed by atoms with Crippen molar-refractivity contribution in [2.75, 3.05) is 20.3 Å². The number of unbranched alkanes of at least 4 members (excludes halogenated alkanes) is 1. The van der Waals surface area contributed by atoms with Gasteiger partial charge >= 0.3 is 5.97 Å². The lowest BCUT2D eigenvalue weighted by Crippen LogP contribution is -2.40. The number of rotatable bonds is 7. The van der Waals surface area contributed by atoms with Crippen LogP contribution in [0, 0.1) is 11.6 Å². The maximum atomic E-state index is 14.0. The molecule has 30 heavy (non-hydrogen) atoms. The van der Waals surface area contributed by atoms with Crippen molar-refractivity contribution in [1.29, 1.82) is 0 Å². The van der Waals surface area contributed by atoms with E-state index >= 15 is 0 Å². The standard InChI is InChI=1S/C23H24F2N2O3/c1-29-23(28)17-6-7-20(25)22-19(17)11-16(13-30-22)26-9-3-2-4-14-12-27-21-8-5-15(24)10-18(14)21/h5-8,10,12,16,26-27H,2-4,9,11,13H2,1H3/t16-/m1/s1. The Morgan fingerprint density at radius 1 is 1.27 bits per heavy atom. The summed E-state index contributed by atoms with van der Waals surface area (Å²) in [6.07, 6.45) is 5.17. The number of esters is 1. The number of nitrogens with one attached hydrogen (secondary N) is 2. The summed E-state index contributed by atoms with van der Waals surface area (Å²) in [6, 6.07) is 7.43. The van der Waals surface area contributed by atoms with E-state index in [1.54, 1.807) is 12.1 Å². The van der Waals surface area contributed by atoms with Crippen LogP contribution in [-0.2, 0) is 17.6 Å². The predicted molar refractivity (Wildman–Crippen MR) is 110 cm³/mol. The van der Waals surface area contributed by atoms with Gasteiger partial charge in [-0.2, -0.15) is 0 Å². The van der Waals surface area contributed by atoms with Crippen LogP contribution < -0.4 is 10.1 Å². The number of hydrogen-bond donors (Lipinski definition) is 2. The van der Waals surface area contributed by atoms with Gasteiger partial charge < -0.3 is 19.8 Å². The molecule has 1 aromatic heterocycles. The smallest absolute Gasteiger partial charge is 0.338 e. The highest BCUT2D eigenvalue weighted by atomic mass is 19.1. The van der Waals surface area contributed by atoms with Gasteiger partial charge in [0, 0.05) is 28.7 Å². The molecule has 0 saturated heterocycles. The van der Waals surface area contributed by atoms with Gasteiger partial charge in [0.2, 0.25) is 0 Å². The Labute approximate surface area is 173 Å². The van der Waals surface area contributed by atoms with Crippen molar-refractivity contribution in [3.63, 3.8) is 0 Å². The number of H-pyrrole nitrogens is 1. The number of aryl methyl sites for hydroxylation is 1. The number of halogens is 2. The van der Waals surface area contributed by atoms with E-state index in [9.17, 15) is 13.6 Å². The first kappa shape index (κ1) is 20.3. The molecule has 0 amide bonds. The highest BCUT2D eigenvalue weighted by molar-refractivity contribution is 5.92. The highest BCUT2D eigenvalue weighted by Crippen LogP contribution is 2.31. The lowest BCUT2D eigenvalue weighted by molar-refractivity contribution is 0.0597. The van der Waals surface area contributed by atoms with Crippen molar-refractivity contribution >= 4 is 16.9 Å². The van der Waals surface area contributed by atoms with Crippen LogP contribution >= 0.6 is 0 Å². The molecule has 1 aliphatic heterocycles. The lowest BCUT2D eigenvalue weighted by atomic mass is 9.96. The van der Waals surface area contributed by atoms with Crippen molar-refractivity contribution in [1.82, 2.24) is 10.3 Å². The Morgan fingerprint density at radius 3 is 2.97 bits per heavy atom. The predicted octanol–water partition coefficient (Wildman–Crippen LogP) is 4.15. The number of hydrogen-bond acceptors (Lipinski definition) is 4. The largest absolute Gasteiger partial charge is 0.489 e. The SMILES string of the molecule is COC(=O)c1ccc(F)c2c1C[C@@H](NCCCCc1c[nH]c3ccc(F)cc13)CO2. The van der Waals surface area contributed by atoms with Gasteiger partial charge in [0.05, 0.1) is 12.7 Å². The van der Waals surface area contributed by atoms with E-state index in [4.69, 9.17) is 9.47 Å². The number of benzene rings is 2. The molecule has 0 spiro atoms. The van der Waals surface area contributed by atoms with Gasteiger partial charge in [-0.25, -0.2) is 13.6 Å². The molecule has 0 aliphatic carbocycles. The van der Waals surface area contributed by atoms with Gasteiger partial charge in [0.1, 0.15) is 12.4 Å². The Bertz CT molecular complexity index is 1060. The highest BCUT2D eigenvalue weighted by Gasteiger charge is 2.27. The van der Waals surface area contributed by atoms with E-state index in [0.717, 1.165) is 42.3 Å². The second-order valence-corrected chi connectivity index (χ2v) is 7.52. The number of carbonyl (C=O) groups is 1. The van der Waals surface area contributed by atoms with Crippen LogP contribution in [0.2, 0.25) is 0 Å². The Hall–Kier alpha value is -2.93. The molecule has 7 heteroatoms. The fourth-order valence-electron chi connectivity index (χ4n) is 3.98. The molecule has 3 aromatic rings. The summed E-state index contributed by atoms with van der Waals surface area (Å²) in [5.41, 5.74) is 2.94. The van der Waals surface area contributed by atoms with E-state index in [1.165, 1.54) is 25.3 Å². The summed E-state index contributed by atoms with van der Waals surface area (Å²) in [4.78, 5) is 15.2. The zero-order valence-electron chi connectivity index (χ0n) is 16.8. The molecule has 1 aliphatic rings. The summed E-state index contributed by atoms with van der Waals surface area (Å²) >= 11 is 0. The van der Waals surface area contributed by atoms with Gasteiger partial charge in [0.25, 0.3) is 0 Å². The molecule has 0 fully saturated rings. The minimum Gasteiger partial charge on any atom is -0.489 e. The van der Waals surface area contributed by atoms with E-state index in [0.29, 0.717) is 24.2 Å². The third-order valence-electron chi connectivity index (χ3n) is 5.53. The molecule has 0 unspecified atom stereocenters. The van der Waals surface area contributed by atoms with Crippen LogP contribution in [0.1, 0.15) is 34.3 Å². The summed E-state index contributed by atoms with van der Waals surface area (Å²) in [7, 11) is 1.31. The van der Waals surface area contributed by atoms with Gasteiger partial charge in [-0.3, -0.25) is 0 Å². The first-order chi connectivity index (χ1) is 14.6. The molecule has 1 atom stereocenters. The fraction of sp³-hybridized carbons (Fsp3) is 0.348. The minimum atomic E-state index is -0.495. The monoisotopic (exact) mass is 414 g/mol. The Balaban J connectivity index is 1.30. The van der Waals surface area contributed by atoms with E-state index in [-0.39, 0.29) is 17.6 Å². The van der Waals surface area contributed by atoms with Crippen LogP contribution in [0.5, 0.6) is 5.75 Å². The van der Waals surface area contributed by atoms with Gasteiger partial charge in [-0.1, -0.05) is 0 Å². The number of aromatic nitrogens is 1. The third kappa shape index (κ3) is 4.16. The zero-order valence-corrected chi connectivity index (χ0v) is 16.8. The first-order valence-corrected chi connectivity index (χ1v) is 10.1. The van der Waals surface area contributed by atoms with Crippen LogP contribution in [-0.4, -0.2) is 37.3 Å². The normalized spacial score (nSPS) is 15.6. The van der Waals surface area contributed by atoms with Gasteiger partial charge in [-0.05, 0) is 68.1 Å². The second-order valence-electron chi connectivity index (χ2n) is 7.52. The summed E-state index contributed by atoms with van der Waals surface area (Å²) in [5.74, 6) is -1.05. The average Bonchev–Trinajstić information content (AvgIpc) is 3.15. The van der Waals surface area contributed by atoms with Gasteiger partial charge in [-0.15, -0.1) is 0 Å². The Morgan fingerprint density at radius 2 is 2.13 bits per heavy atom. The van der Waals surface area contributed by atoms with Crippen LogP contribution in [0.15, 0.2) is 36.5 Å². The number of aromatic amines is 1. The number of methoxy groups -OCH3 is 1. The maximum absolute atomic E-state index is 14.0. The molecule has 0 saturated carbocycles. The number of fused-ring (bicyclic) bond motifs is 2. The number of ether oxygens (including phenoxy) is 2. The fourth-order valence-corrected chi connectivity index (χ4v) is 3.98. The van der Waals surface area contributed by atoms with Crippen LogP contribution in [0.3, 0.4) is 0 Å². The van der Waals surface area contributed by atoms with E-state index in [1.807, 2.05) is 6.20 Å². The van der Waals surface area contributed by atoms with Crippen LogP contribution in [0.4, 0.5) is 8.78 Å². The second kappa shape index (κ2) is 8.83. The van der Waals surface area contributed by atoms with Gasteiger partial charge in [0.15, 0.2) is 11.6 Å². The lowest BCUT2D eigenvalue weighted by Gasteiger charge is -2.27. The van der Waals surface area contributed by atoms with Crippen molar-refractivity contribution in [2.24, 2.45) is 0 Å². The molecule has 2 N–H and O–H groups in total. The van der Waals surface area contributed by atoms with Crippen molar-refractivity contribution < 1.29 is 23.0 Å². The molecular formula is C23H24F2N2O3. The topological polar surface area (TPSA) is 63.3 Å². The minimum absolute atomic E-state index is 0.00936. The zero-order chi connectivity index (χ0) is 21.1. The van der Waals surface area contributed by atoms with Crippen molar-refractivity contribution in [2.45, 2.75) is 31.7 Å². The average molecular weight is 414 g/mol. The molecule has 2 aromatic carbocycles. The molecule has 4 rings (SSSR count). The third-order valence-corrected chi connectivity index (χ3v) is 5.53.